The minimum Gasteiger partial charge on any atom is -0.483 e. The predicted octanol–water partition coefficient (Wildman–Crippen LogP) is 3.50. The molecule has 0 aliphatic carbocycles. The van der Waals surface area contributed by atoms with Crippen LogP contribution < -0.4 is 10.1 Å². The van der Waals surface area contributed by atoms with Crippen LogP contribution in [0.25, 0.3) is 0 Å². The first kappa shape index (κ1) is 20.8. The molecule has 0 aliphatic heterocycles. The summed E-state index contributed by atoms with van der Waals surface area (Å²) < 4.78 is 5.74. The van der Waals surface area contributed by atoms with Gasteiger partial charge in [0.25, 0.3) is 5.91 Å². The number of nitrogens with one attached hydrogen (secondary N) is 1. The van der Waals surface area contributed by atoms with Gasteiger partial charge in [-0.2, -0.15) is 0 Å². The van der Waals surface area contributed by atoms with Crippen LogP contribution in [0.15, 0.2) is 42.5 Å². The second-order valence-electron chi connectivity index (χ2n) is 6.43. The molecule has 0 aromatic heterocycles. The van der Waals surface area contributed by atoms with E-state index < -0.39 is 6.04 Å². The Bertz CT molecular complexity index is 823. The molecular formula is C21H25ClN2O3. The van der Waals surface area contributed by atoms with Crippen molar-refractivity contribution in [3.63, 3.8) is 0 Å². The van der Waals surface area contributed by atoms with Crippen molar-refractivity contribution in [2.75, 3.05) is 13.7 Å². The number of carbonyl (C=O) groups is 2. The number of halogens is 1. The average Bonchev–Trinajstić information content (AvgIpc) is 2.66. The molecule has 0 radical (unpaired) electrons. The Hall–Kier alpha value is -2.53. The Morgan fingerprint density at radius 2 is 1.89 bits per heavy atom. The highest BCUT2D eigenvalue weighted by Crippen LogP contribution is 2.21. The van der Waals surface area contributed by atoms with Gasteiger partial charge < -0.3 is 15.0 Å². The summed E-state index contributed by atoms with van der Waals surface area (Å²) in [4.78, 5) is 26.5. The molecule has 1 unspecified atom stereocenters. The second kappa shape index (κ2) is 9.42. The molecule has 0 spiro atoms. The summed E-state index contributed by atoms with van der Waals surface area (Å²) in [7, 11) is 1.55. The van der Waals surface area contributed by atoms with Gasteiger partial charge in [-0.1, -0.05) is 35.9 Å². The first-order valence-corrected chi connectivity index (χ1v) is 9.15. The SMILES string of the molecule is CNC(=O)C(C)N(Cc1cccc(Cl)c1)C(=O)COc1cccc(C)c1C. The number of aryl methyl sites for hydroxylation is 1. The minimum atomic E-state index is -0.635. The van der Waals surface area contributed by atoms with Crippen LogP contribution in [0.1, 0.15) is 23.6 Å². The third kappa shape index (κ3) is 5.47. The number of likely N-dealkylation sites (N-methyl/N-ethyl adjacent to an activating group) is 1. The molecule has 2 aromatic rings. The topological polar surface area (TPSA) is 58.6 Å². The van der Waals surface area contributed by atoms with Crippen LogP contribution in [0.4, 0.5) is 0 Å². The van der Waals surface area contributed by atoms with E-state index in [1.807, 2.05) is 44.2 Å². The molecule has 1 atom stereocenters. The number of rotatable bonds is 7. The van der Waals surface area contributed by atoms with Crippen molar-refractivity contribution in [2.24, 2.45) is 0 Å². The number of hydrogen-bond acceptors (Lipinski definition) is 3. The van der Waals surface area contributed by atoms with Gasteiger partial charge in [-0.3, -0.25) is 9.59 Å². The molecule has 144 valence electrons. The van der Waals surface area contributed by atoms with E-state index in [0.717, 1.165) is 16.7 Å². The molecule has 0 saturated heterocycles. The van der Waals surface area contributed by atoms with E-state index >= 15 is 0 Å². The third-order valence-electron chi connectivity index (χ3n) is 4.56. The van der Waals surface area contributed by atoms with E-state index in [1.165, 1.54) is 4.90 Å². The standard InChI is InChI=1S/C21H25ClN2O3/c1-14-7-5-10-19(15(14)2)27-13-20(25)24(16(3)21(26)23-4)12-17-8-6-9-18(22)11-17/h5-11,16H,12-13H2,1-4H3,(H,23,26). The first-order valence-electron chi connectivity index (χ1n) is 8.78. The maximum atomic E-state index is 12.9. The van der Waals surface area contributed by atoms with Crippen LogP contribution in [0.5, 0.6) is 5.75 Å². The zero-order chi connectivity index (χ0) is 20.0. The Balaban J connectivity index is 2.17. The van der Waals surface area contributed by atoms with E-state index in [9.17, 15) is 9.59 Å². The van der Waals surface area contributed by atoms with E-state index in [2.05, 4.69) is 5.32 Å². The van der Waals surface area contributed by atoms with Gasteiger partial charge in [0.05, 0.1) is 0 Å². The fourth-order valence-electron chi connectivity index (χ4n) is 2.73. The van der Waals surface area contributed by atoms with Crippen LogP contribution in [-0.4, -0.2) is 36.4 Å². The second-order valence-corrected chi connectivity index (χ2v) is 6.86. The third-order valence-corrected chi connectivity index (χ3v) is 4.80. The minimum absolute atomic E-state index is 0.147. The Kier molecular flexibility index (Phi) is 7.25. The summed E-state index contributed by atoms with van der Waals surface area (Å²) in [5.74, 6) is 0.155. The largest absolute Gasteiger partial charge is 0.483 e. The van der Waals surface area contributed by atoms with Crippen LogP contribution in [-0.2, 0) is 16.1 Å². The summed E-state index contributed by atoms with van der Waals surface area (Å²) in [5.41, 5.74) is 2.93. The van der Waals surface area contributed by atoms with Crippen LogP contribution in [0.2, 0.25) is 5.02 Å². The zero-order valence-electron chi connectivity index (χ0n) is 16.1. The average molecular weight is 389 g/mol. The molecule has 0 saturated carbocycles. The van der Waals surface area contributed by atoms with Crippen LogP contribution in [0.3, 0.4) is 0 Å². The summed E-state index contributed by atoms with van der Waals surface area (Å²) in [6, 6.07) is 12.3. The lowest BCUT2D eigenvalue weighted by Crippen LogP contribution is -2.48. The molecule has 2 amide bonds. The molecular weight excluding hydrogens is 364 g/mol. The van der Waals surface area contributed by atoms with Gasteiger partial charge >= 0.3 is 0 Å². The van der Waals surface area contributed by atoms with E-state index in [1.54, 1.807) is 26.1 Å². The van der Waals surface area contributed by atoms with Crippen molar-refractivity contribution in [2.45, 2.75) is 33.4 Å². The van der Waals surface area contributed by atoms with Gasteiger partial charge in [-0.15, -0.1) is 0 Å². The van der Waals surface area contributed by atoms with Gasteiger partial charge in [0, 0.05) is 18.6 Å². The summed E-state index contributed by atoms with van der Waals surface area (Å²) >= 11 is 6.04. The predicted molar refractivity (Wildman–Crippen MR) is 107 cm³/mol. The maximum absolute atomic E-state index is 12.9. The summed E-state index contributed by atoms with van der Waals surface area (Å²) in [6.07, 6.45) is 0. The van der Waals surface area contributed by atoms with E-state index in [-0.39, 0.29) is 25.0 Å². The molecule has 2 aromatic carbocycles. The molecule has 5 nitrogen and oxygen atoms in total. The summed E-state index contributed by atoms with van der Waals surface area (Å²) in [6.45, 7) is 5.75. The number of hydrogen-bond donors (Lipinski definition) is 1. The molecule has 0 bridgehead atoms. The lowest BCUT2D eigenvalue weighted by Gasteiger charge is -2.28. The molecule has 2 rings (SSSR count). The number of nitrogens with zero attached hydrogens (tertiary/aromatic N) is 1. The van der Waals surface area contributed by atoms with E-state index in [0.29, 0.717) is 10.8 Å². The van der Waals surface area contributed by atoms with Crippen molar-refractivity contribution in [3.05, 3.63) is 64.2 Å². The van der Waals surface area contributed by atoms with Gasteiger partial charge in [-0.05, 0) is 55.7 Å². The van der Waals surface area contributed by atoms with Crippen molar-refractivity contribution >= 4 is 23.4 Å². The maximum Gasteiger partial charge on any atom is 0.261 e. The molecule has 0 aliphatic rings. The van der Waals surface area contributed by atoms with Crippen molar-refractivity contribution in [1.82, 2.24) is 10.2 Å². The molecule has 27 heavy (non-hydrogen) atoms. The fraction of sp³-hybridized carbons (Fsp3) is 0.333. The highest BCUT2D eigenvalue weighted by Gasteiger charge is 2.26. The highest BCUT2D eigenvalue weighted by atomic mass is 35.5. The number of carbonyl (C=O) groups excluding carboxylic acids is 2. The Morgan fingerprint density at radius 3 is 2.56 bits per heavy atom. The Morgan fingerprint density at radius 1 is 1.19 bits per heavy atom. The van der Waals surface area contributed by atoms with Gasteiger partial charge in [0.15, 0.2) is 6.61 Å². The molecule has 6 heteroatoms. The van der Waals surface area contributed by atoms with Gasteiger partial charge in [0.1, 0.15) is 11.8 Å². The van der Waals surface area contributed by atoms with Crippen LogP contribution in [0, 0.1) is 13.8 Å². The Labute approximate surface area is 165 Å². The molecule has 0 heterocycles. The van der Waals surface area contributed by atoms with Gasteiger partial charge in [-0.25, -0.2) is 0 Å². The number of ether oxygens (including phenoxy) is 1. The molecule has 1 N–H and O–H groups in total. The normalized spacial score (nSPS) is 11.6. The quantitative estimate of drug-likeness (QED) is 0.789. The van der Waals surface area contributed by atoms with Gasteiger partial charge in [0.2, 0.25) is 5.91 Å². The van der Waals surface area contributed by atoms with Crippen molar-refractivity contribution < 1.29 is 14.3 Å². The highest BCUT2D eigenvalue weighted by molar-refractivity contribution is 6.30. The summed E-state index contributed by atoms with van der Waals surface area (Å²) in [5, 5.41) is 3.17. The van der Waals surface area contributed by atoms with Crippen molar-refractivity contribution in [3.8, 4) is 5.75 Å². The zero-order valence-corrected chi connectivity index (χ0v) is 16.8. The van der Waals surface area contributed by atoms with Crippen molar-refractivity contribution in [1.29, 1.82) is 0 Å². The monoisotopic (exact) mass is 388 g/mol. The van der Waals surface area contributed by atoms with E-state index in [4.69, 9.17) is 16.3 Å². The van der Waals surface area contributed by atoms with Crippen LogP contribution >= 0.6 is 11.6 Å². The fourth-order valence-corrected chi connectivity index (χ4v) is 2.94. The molecule has 0 fully saturated rings. The first-order chi connectivity index (χ1) is 12.8. The lowest BCUT2D eigenvalue weighted by atomic mass is 10.1. The lowest BCUT2D eigenvalue weighted by molar-refractivity contribution is -0.142. The smallest absolute Gasteiger partial charge is 0.261 e. The number of benzene rings is 2. The number of amides is 2.